The van der Waals surface area contributed by atoms with E-state index in [2.05, 4.69) is 10.3 Å². The van der Waals surface area contributed by atoms with Gasteiger partial charge in [-0.25, -0.2) is 4.98 Å². The van der Waals surface area contributed by atoms with E-state index in [1.807, 2.05) is 13.0 Å². The van der Waals surface area contributed by atoms with Crippen molar-refractivity contribution < 1.29 is 4.79 Å². The van der Waals surface area contributed by atoms with Gasteiger partial charge in [0.1, 0.15) is 5.82 Å². The lowest BCUT2D eigenvalue weighted by atomic mass is 10.1. The lowest BCUT2D eigenvalue weighted by Crippen LogP contribution is -2.32. The second-order valence-corrected chi connectivity index (χ2v) is 4.67. The fourth-order valence-electron chi connectivity index (χ4n) is 2.40. The topological polar surface area (TPSA) is 68.0 Å². The number of aryl methyl sites for hydroxylation is 1. The van der Waals surface area contributed by atoms with Crippen LogP contribution in [0.2, 0.25) is 0 Å². The molecule has 0 atom stereocenters. The van der Waals surface area contributed by atoms with Crippen molar-refractivity contribution in [2.75, 3.05) is 12.3 Å². The molecule has 0 saturated heterocycles. The number of hydrogen-bond donors (Lipinski definition) is 2. The Balaban J connectivity index is 1.99. The van der Waals surface area contributed by atoms with E-state index in [0.29, 0.717) is 24.0 Å². The molecule has 2 rings (SSSR count). The Morgan fingerprint density at radius 2 is 2.24 bits per heavy atom. The van der Waals surface area contributed by atoms with Crippen molar-refractivity contribution in [1.82, 2.24) is 10.3 Å². The van der Waals surface area contributed by atoms with Gasteiger partial charge in [-0.1, -0.05) is 12.8 Å². The maximum Gasteiger partial charge on any atom is 0.180 e. The molecule has 1 heterocycles. The zero-order valence-electron chi connectivity index (χ0n) is 10.2. The van der Waals surface area contributed by atoms with Gasteiger partial charge in [0.15, 0.2) is 5.78 Å². The first-order valence-corrected chi connectivity index (χ1v) is 6.16. The van der Waals surface area contributed by atoms with Crippen LogP contribution >= 0.6 is 0 Å². The minimum atomic E-state index is 0.0417. The molecule has 1 fully saturated rings. The highest BCUT2D eigenvalue weighted by Gasteiger charge is 2.18. The van der Waals surface area contributed by atoms with E-state index >= 15 is 0 Å². The summed E-state index contributed by atoms with van der Waals surface area (Å²) in [5, 5.41) is 3.30. The first-order valence-electron chi connectivity index (χ1n) is 6.16. The van der Waals surface area contributed by atoms with Gasteiger partial charge >= 0.3 is 0 Å². The van der Waals surface area contributed by atoms with E-state index in [4.69, 9.17) is 5.73 Å². The lowest BCUT2D eigenvalue weighted by molar-refractivity contribution is 0.0987. The first-order chi connectivity index (χ1) is 8.18. The molecule has 3 N–H and O–H groups in total. The maximum atomic E-state index is 12.1. The first kappa shape index (κ1) is 12.0. The molecule has 0 amide bonds. The molecule has 4 nitrogen and oxygen atoms in total. The molecule has 1 aliphatic carbocycles. The quantitative estimate of drug-likeness (QED) is 0.776. The number of nitrogens with one attached hydrogen (secondary N) is 1. The minimum absolute atomic E-state index is 0.0417. The summed E-state index contributed by atoms with van der Waals surface area (Å²) in [5.41, 5.74) is 7.21. The summed E-state index contributed by atoms with van der Waals surface area (Å²) in [6.45, 7) is 2.25. The van der Waals surface area contributed by atoms with Crippen LogP contribution in [-0.4, -0.2) is 23.4 Å². The highest BCUT2D eigenvalue weighted by Crippen LogP contribution is 2.18. The molecule has 0 aliphatic heterocycles. The van der Waals surface area contributed by atoms with Crippen molar-refractivity contribution in [3.8, 4) is 0 Å². The Hall–Kier alpha value is -1.42. The average molecular weight is 233 g/mol. The predicted octanol–water partition coefficient (Wildman–Crippen LogP) is 1.69. The summed E-state index contributed by atoms with van der Waals surface area (Å²) >= 11 is 0. The fourth-order valence-corrected chi connectivity index (χ4v) is 2.40. The van der Waals surface area contributed by atoms with Crippen molar-refractivity contribution in [2.24, 2.45) is 0 Å². The van der Waals surface area contributed by atoms with Gasteiger partial charge in [0.25, 0.3) is 0 Å². The molecule has 1 aliphatic rings. The van der Waals surface area contributed by atoms with Gasteiger partial charge in [-0.05, 0) is 31.4 Å². The number of aromatic nitrogens is 1. The van der Waals surface area contributed by atoms with Gasteiger partial charge in [0, 0.05) is 12.2 Å². The molecule has 1 aromatic heterocycles. The number of nitrogen functional groups attached to an aromatic ring is 1. The van der Waals surface area contributed by atoms with Gasteiger partial charge in [-0.15, -0.1) is 0 Å². The third-order valence-corrected chi connectivity index (χ3v) is 3.37. The van der Waals surface area contributed by atoms with Crippen molar-refractivity contribution in [3.63, 3.8) is 0 Å². The van der Waals surface area contributed by atoms with Gasteiger partial charge in [0.05, 0.1) is 12.1 Å². The monoisotopic (exact) mass is 233 g/mol. The highest BCUT2D eigenvalue weighted by molar-refractivity contribution is 6.02. The molecule has 92 valence electrons. The number of nitrogens with zero attached hydrogens (tertiary/aromatic N) is 1. The van der Waals surface area contributed by atoms with Crippen LogP contribution < -0.4 is 11.1 Å². The van der Waals surface area contributed by atoms with Crippen molar-refractivity contribution >= 4 is 11.6 Å². The molecule has 0 unspecified atom stereocenters. The van der Waals surface area contributed by atoms with Crippen LogP contribution in [0.3, 0.4) is 0 Å². The van der Waals surface area contributed by atoms with Gasteiger partial charge in [-0.2, -0.15) is 0 Å². The summed E-state index contributed by atoms with van der Waals surface area (Å²) in [6, 6.07) is 2.32. The molecular formula is C13H19N3O. The summed E-state index contributed by atoms with van der Waals surface area (Å²) in [7, 11) is 0. The van der Waals surface area contributed by atoms with Gasteiger partial charge < -0.3 is 11.1 Å². The van der Waals surface area contributed by atoms with Crippen LogP contribution in [0.1, 0.15) is 41.6 Å². The number of carbonyl (C=O) groups is 1. The average Bonchev–Trinajstić information content (AvgIpc) is 2.79. The van der Waals surface area contributed by atoms with Crippen LogP contribution in [0.25, 0.3) is 0 Å². The molecule has 0 radical (unpaired) electrons. The third-order valence-electron chi connectivity index (χ3n) is 3.37. The van der Waals surface area contributed by atoms with Crippen LogP contribution in [-0.2, 0) is 0 Å². The van der Waals surface area contributed by atoms with Gasteiger partial charge in [-0.3, -0.25) is 4.79 Å². The van der Waals surface area contributed by atoms with Crippen LogP contribution in [0.15, 0.2) is 12.3 Å². The molecule has 1 saturated carbocycles. The molecule has 0 aromatic carbocycles. The number of pyridine rings is 1. The number of rotatable bonds is 4. The Labute approximate surface area is 102 Å². The highest BCUT2D eigenvalue weighted by atomic mass is 16.1. The van der Waals surface area contributed by atoms with E-state index in [-0.39, 0.29) is 5.78 Å². The molecule has 4 heteroatoms. The third kappa shape index (κ3) is 2.82. The number of ketones is 1. The van der Waals surface area contributed by atoms with Crippen LogP contribution in [0.5, 0.6) is 0 Å². The number of carbonyl (C=O) groups excluding carboxylic acids is 1. The van der Waals surface area contributed by atoms with E-state index in [1.54, 1.807) is 6.20 Å². The second kappa shape index (κ2) is 5.27. The summed E-state index contributed by atoms with van der Waals surface area (Å²) in [6.07, 6.45) is 6.51. The van der Waals surface area contributed by atoms with Crippen molar-refractivity contribution in [3.05, 3.63) is 23.4 Å². The smallest absolute Gasteiger partial charge is 0.180 e. The Morgan fingerprint density at radius 3 is 2.88 bits per heavy atom. The normalized spacial score (nSPS) is 16.3. The fraction of sp³-hybridized carbons (Fsp3) is 0.538. The summed E-state index contributed by atoms with van der Waals surface area (Å²) in [5.74, 6) is 0.378. The van der Waals surface area contributed by atoms with Crippen LogP contribution in [0.4, 0.5) is 5.82 Å². The molecule has 1 aromatic rings. The number of nitrogens with two attached hydrogens (primary N) is 1. The van der Waals surface area contributed by atoms with E-state index in [9.17, 15) is 4.79 Å². The lowest BCUT2D eigenvalue weighted by Gasteiger charge is -2.12. The number of anilines is 1. The summed E-state index contributed by atoms with van der Waals surface area (Å²) < 4.78 is 0. The molecule has 17 heavy (non-hydrogen) atoms. The van der Waals surface area contributed by atoms with E-state index < -0.39 is 0 Å². The van der Waals surface area contributed by atoms with Gasteiger partial charge in [0.2, 0.25) is 0 Å². The SMILES string of the molecule is Cc1ccnc(N)c1C(=O)CNC1CCCC1. The predicted molar refractivity (Wildman–Crippen MR) is 68.0 cm³/mol. The zero-order chi connectivity index (χ0) is 12.3. The van der Waals surface area contributed by atoms with E-state index in [0.717, 1.165) is 5.56 Å². The maximum absolute atomic E-state index is 12.1. The van der Waals surface area contributed by atoms with Crippen molar-refractivity contribution in [2.45, 2.75) is 38.6 Å². The standard InChI is InChI=1S/C13H19N3O/c1-9-6-7-15-13(14)12(9)11(17)8-16-10-4-2-3-5-10/h6-7,10,16H,2-5,8H2,1H3,(H2,14,15). The Morgan fingerprint density at radius 1 is 1.53 bits per heavy atom. The Kier molecular flexibility index (Phi) is 3.74. The number of hydrogen-bond acceptors (Lipinski definition) is 4. The number of Topliss-reactive ketones (excluding diaryl/α,β-unsaturated/α-hetero) is 1. The molecular weight excluding hydrogens is 214 g/mol. The second-order valence-electron chi connectivity index (χ2n) is 4.67. The van der Waals surface area contributed by atoms with Crippen molar-refractivity contribution in [1.29, 1.82) is 0 Å². The Bertz CT molecular complexity index is 391. The largest absolute Gasteiger partial charge is 0.383 e. The minimum Gasteiger partial charge on any atom is -0.383 e. The molecule has 0 bridgehead atoms. The summed E-state index contributed by atoms with van der Waals surface area (Å²) in [4.78, 5) is 16.0. The molecule has 0 spiro atoms. The zero-order valence-corrected chi connectivity index (χ0v) is 10.2. The van der Waals surface area contributed by atoms with E-state index in [1.165, 1.54) is 25.7 Å². The van der Waals surface area contributed by atoms with Crippen LogP contribution in [0, 0.1) is 6.92 Å².